The van der Waals surface area contributed by atoms with Crippen molar-refractivity contribution >= 4 is 11.0 Å². The van der Waals surface area contributed by atoms with E-state index in [1.54, 1.807) is 0 Å². The number of fused-ring (bicyclic) bond motifs is 1. The average molecular weight is 484 g/mol. The van der Waals surface area contributed by atoms with Crippen molar-refractivity contribution in [2.24, 2.45) is 0 Å². The molecule has 3 heterocycles. The van der Waals surface area contributed by atoms with E-state index in [0.29, 0.717) is 0 Å². The molecule has 0 unspecified atom stereocenters. The number of aromatic nitrogens is 3. The molecule has 0 amide bonds. The summed E-state index contributed by atoms with van der Waals surface area (Å²) in [5.41, 5.74) is 9.97. The normalized spacial score (nSPS) is 11.5. The van der Waals surface area contributed by atoms with Crippen molar-refractivity contribution in [3.63, 3.8) is 0 Å². The van der Waals surface area contributed by atoms with Crippen molar-refractivity contribution in [1.29, 1.82) is 0 Å². The topological polar surface area (TPSA) is 43.9 Å². The number of hydrogen-bond acceptors (Lipinski definition) is 3. The zero-order valence-electron chi connectivity index (χ0n) is 21.3. The molecule has 0 aliphatic carbocycles. The highest BCUT2D eigenvalue weighted by Crippen LogP contribution is 2.39. The predicted molar refractivity (Wildman–Crippen MR) is 149 cm³/mol. The Morgan fingerprint density at radius 3 is 2.05 bits per heavy atom. The van der Waals surface area contributed by atoms with Crippen LogP contribution in [0.25, 0.3) is 27.8 Å². The number of pyridine rings is 1. The van der Waals surface area contributed by atoms with E-state index < -0.39 is 0 Å². The zero-order valence-corrected chi connectivity index (χ0v) is 21.3. The van der Waals surface area contributed by atoms with Crippen molar-refractivity contribution in [1.82, 2.24) is 14.7 Å². The molecular weight excluding hydrogens is 454 g/mol. The molecule has 0 saturated carbocycles. The van der Waals surface area contributed by atoms with Gasteiger partial charge in [0.25, 0.3) is 0 Å². The average Bonchev–Trinajstić information content (AvgIpc) is 3.49. The molecule has 4 nitrogen and oxygen atoms in total. The molecule has 0 bridgehead atoms. The van der Waals surface area contributed by atoms with E-state index in [0.717, 1.165) is 45.7 Å². The second-order valence-corrected chi connectivity index (χ2v) is 9.52. The third-order valence-corrected chi connectivity index (χ3v) is 7.20. The zero-order chi connectivity index (χ0) is 25.4. The summed E-state index contributed by atoms with van der Waals surface area (Å²) in [6, 6.07) is 32.5. The maximum absolute atomic E-state index is 5.49. The van der Waals surface area contributed by atoms with Crippen LogP contribution in [0.3, 0.4) is 0 Å². The first-order chi connectivity index (χ1) is 18.1. The number of hydrogen-bond donors (Lipinski definition) is 0. The van der Waals surface area contributed by atoms with Crippen molar-refractivity contribution in [2.45, 2.75) is 33.1 Å². The van der Waals surface area contributed by atoms with Gasteiger partial charge in [-0.25, -0.2) is 4.98 Å². The minimum atomic E-state index is 0.0581. The first-order valence-corrected chi connectivity index (χ1v) is 12.8. The second-order valence-electron chi connectivity index (χ2n) is 9.52. The van der Waals surface area contributed by atoms with Crippen LogP contribution in [-0.2, 0) is 6.42 Å². The van der Waals surface area contributed by atoms with Gasteiger partial charge in [0.05, 0.1) is 5.69 Å². The van der Waals surface area contributed by atoms with Gasteiger partial charge in [-0.3, -0.25) is 0 Å². The van der Waals surface area contributed by atoms with Crippen LogP contribution >= 0.6 is 0 Å². The highest BCUT2D eigenvalue weighted by Gasteiger charge is 2.24. The molecule has 0 fully saturated rings. The van der Waals surface area contributed by atoms with Crippen molar-refractivity contribution in [3.8, 4) is 16.8 Å². The van der Waals surface area contributed by atoms with E-state index in [1.165, 1.54) is 22.3 Å². The summed E-state index contributed by atoms with van der Waals surface area (Å²) >= 11 is 0. The number of nitrogens with zero attached hydrogens (tertiary/aromatic N) is 3. The predicted octanol–water partition coefficient (Wildman–Crippen LogP) is 8.04. The van der Waals surface area contributed by atoms with Gasteiger partial charge in [-0.1, -0.05) is 84.9 Å². The second kappa shape index (κ2) is 9.55. The lowest BCUT2D eigenvalue weighted by atomic mass is 9.85. The SMILES string of the molecule is CCc1ccc(-n2cc(C(c3ccccc3)c3ccccc3)c3cc(-c4c(C)noc4C)cnc32)cc1. The van der Waals surface area contributed by atoms with Crippen LogP contribution in [0.4, 0.5) is 0 Å². The van der Waals surface area contributed by atoms with Crippen molar-refractivity contribution < 1.29 is 4.52 Å². The molecule has 0 aliphatic rings. The summed E-state index contributed by atoms with van der Waals surface area (Å²) < 4.78 is 7.71. The Kier molecular flexibility index (Phi) is 5.93. The van der Waals surface area contributed by atoms with Gasteiger partial charge in [0.15, 0.2) is 0 Å². The van der Waals surface area contributed by atoms with Gasteiger partial charge < -0.3 is 9.09 Å². The molecule has 0 aliphatic heterocycles. The summed E-state index contributed by atoms with van der Waals surface area (Å²) in [6.45, 7) is 6.12. The van der Waals surface area contributed by atoms with Crippen molar-refractivity contribution in [3.05, 3.63) is 137 Å². The maximum Gasteiger partial charge on any atom is 0.144 e. The lowest BCUT2D eigenvalue weighted by Gasteiger charge is -2.18. The largest absolute Gasteiger partial charge is 0.361 e. The molecule has 6 rings (SSSR count). The Bertz CT molecular complexity index is 1600. The van der Waals surface area contributed by atoms with Gasteiger partial charge in [-0.2, -0.15) is 0 Å². The lowest BCUT2D eigenvalue weighted by Crippen LogP contribution is -2.03. The van der Waals surface area contributed by atoms with Gasteiger partial charge in [-0.05, 0) is 60.7 Å². The third-order valence-electron chi connectivity index (χ3n) is 7.20. The highest BCUT2D eigenvalue weighted by atomic mass is 16.5. The molecule has 0 radical (unpaired) electrons. The van der Waals surface area contributed by atoms with E-state index in [9.17, 15) is 0 Å². The molecule has 4 heteroatoms. The van der Waals surface area contributed by atoms with Crippen LogP contribution in [-0.4, -0.2) is 14.7 Å². The highest BCUT2D eigenvalue weighted by molar-refractivity contribution is 5.88. The molecule has 3 aromatic heterocycles. The summed E-state index contributed by atoms with van der Waals surface area (Å²) in [5, 5.41) is 5.31. The first kappa shape index (κ1) is 23.0. The fraction of sp³-hybridized carbons (Fsp3) is 0.152. The molecule has 6 aromatic rings. The summed E-state index contributed by atoms with van der Waals surface area (Å²) in [7, 11) is 0. The van der Waals surface area contributed by atoms with Crippen LogP contribution in [0.1, 0.15) is 46.5 Å². The number of benzene rings is 3. The summed E-state index contributed by atoms with van der Waals surface area (Å²) in [5.74, 6) is 0.861. The smallest absolute Gasteiger partial charge is 0.144 e. The third kappa shape index (κ3) is 4.15. The summed E-state index contributed by atoms with van der Waals surface area (Å²) in [4.78, 5) is 5.02. The lowest BCUT2D eigenvalue weighted by molar-refractivity contribution is 0.393. The Morgan fingerprint density at radius 1 is 0.838 bits per heavy atom. The van der Waals surface area contributed by atoms with Crippen LogP contribution in [0.15, 0.2) is 108 Å². The Morgan fingerprint density at radius 2 is 1.49 bits per heavy atom. The van der Waals surface area contributed by atoms with Crippen LogP contribution in [0, 0.1) is 13.8 Å². The van der Waals surface area contributed by atoms with E-state index in [4.69, 9.17) is 9.51 Å². The van der Waals surface area contributed by atoms with E-state index in [1.807, 2.05) is 20.0 Å². The van der Waals surface area contributed by atoms with Gasteiger partial charge >= 0.3 is 0 Å². The van der Waals surface area contributed by atoms with E-state index in [2.05, 4.69) is 114 Å². The molecular formula is C33H29N3O. The Labute approximate surface area is 217 Å². The molecule has 0 N–H and O–H groups in total. The quantitative estimate of drug-likeness (QED) is 0.241. The molecule has 3 aromatic carbocycles. The van der Waals surface area contributed by atoms with Gasteiger partial charge in [-0.15, -0.1) is 0 Å². The minimum absolute atomic E-state index is 0.0581. The van der Waals surface area contributed by atoms with Crippen LogP contribution < -0.4 is 0 Å². The van der Waals surface area contributed by atoms with Crippen molar-refractivity contribution in [2.75, 3.05) is 0 Å². The molecule has 0 spiro atoms. The van der Waals surface area contributed by atoms with E-state index in [-0.39, 0.29) is 5.92 Å². The van der Waals surface area contributed by atoms with Gasteiger partial charge in [0, 0.05) is 40.5 Å². The fourth-order valence-electron chi connectivity index (χ4n) is 5.33. The van der Waals surface area contributed by atoms with Gasteiger partial charge in [0.2, 0.25) is 0 Å². The molecule has 0 atom stereocenters. The maximum atomic E-state index is 5.49. The number of aryl methyl sites for hydroxylation is 3. The molecule has 182 valence electrons. The Balaban J connectivity index is 1.64. The van der Waals surface area contributed by atoms with Crippen LogP contribution in [0.5, 0.6) is 0 Å². The molecule has 37 heavy (non-hydrogen) atoms. The number of rotatable bonds is 6. The van der Waals surface area contributed by atoms with Crippen LogP contribution in [0.2, 0.25) is 0 Å². The standard InChI is InChI=1S/C33H29N3O/c1-4-24-15-17-28(18-16-24)36-21-30(32(25-11-7-5-8-12-25)26-13-9-6-10-14-26)29-19-27(20-34-33(29)36)31-22(2)35-37-23(31)3/h5-21,32H,4H2,1-3H3. The first-order valence-electron chi connectivity index (χ1n) is 12.8. The Hall–Kier alpha value is -4.44. The monoisotopic (exact) mass is 483 g/mol. The van der Waals surface area contributed by atoms with E-state index >= 15 is 0 Å². The van der Waals surface area contributed by atoms with Gasteiger partial charge in [0.1, 0.15) is 11.4 Å². The molecule has 0 saturated heterocycles. The summed E-state index contributed by atoms with van der Waals surface area (Å²) in [6.07, 6.45) is 5.22. The fourth-order valence-corrected chi connectivity index (χ4v) is 5.33. The minimum Gasteiger partial charge on any atom is -0.361 e.